The molecule has 1 heteroatoms. The van der Waals surface area contributed by atoms with E-state index in [1.807, 2.05) is 0 Å². The van der Waals surface area contributed by atoms with Gasteiger partial charge in [-0.25, -0.2) is 0 Å². The van der Waals surface area contributed by atoms with Crippen LogP contribution in [0.1, 0.15) is 46.2 Å². The Labute approximate surface area is 126 Å². The van der Waals surface area contributed by atoms with Crippen LogP contribution in [0.15, 0.2) is 30.3 Å². The van der Waals surface area contributed by atoms with Gasteiger partial charge in [0.05, 0.1) is 0 Å². The van der Waals surface area contributed by atoms with Gasteiger partial charge in [-0.3, -0.25) is 0 Å². The van der Waals surface area contributed by atoms with Gasteiger partial charge >= 0.3 is 0 Å². The Morgan fingerprint density at radius 2 is 1.48 bits per heavy atom. The first kappa shape index (κ1) is 11.9. The Hall–Kier alpha value is -1.76. The maximum absolute atomic E-state index is 2.67. The van der Waals surface area contributed by atoms with Crippen LogP contribution in [0.5, 0.6) is 0 Å². The van der Waals surface area contributed by atoms with Gasteiger partial charge in [-0.15, -0.1) is 0 Å². The van der Waals surface area contributed by atoms with E-state index >= 15 is 0 Å². The normalized spacial score (nSPS) is 18.8. The highest BCUT2D eigenvalue weighted by molar-refractivity contribution is 5.68. The van der Waals surface area contributed by atoms with E-state index in [1.54, 1.807) is 39.1 Å². The van der Waals surface area contributed by atoms with Gasteiger partial charge in [-0.1, -0.05) is 30.3 Å². The van der Waals surface area contributed by atoms with Gasteiger partial charge in [0.2, 0.25) is 0 Å². The Kier molecular flexibility index (Phi) is 2.46. The van der Waals surface area contributed by atoms with E-state index in [0.717, 1.165) is 12.8 Å². The molecule has 2 aliphatic heterocycles. The zero-order valence-corrected chi connectivity index (χ0v) is 12.5. The van der Waals surface area contributed by atoms with Crippen LogP contribution in [-0.4, -0.2) is 13.1 Å². The monoisotopic (exact) mass is 275 g/mol. The van der Waals surface area contributed by atoms with Crippen molar-refractivity contribution >= 4 is 5.69 Å². The second-order valence-corrected chi connectivity index (χ2v) is 6.82. The molecule has 0 spiro atoms. The zero-order valence-electron chi connectivity index (χ0n) is 12.5. The molecule has 0 fully saturated rings. The number of hydrogen-bond donors (Lipinski definition) is 0. The summed E-state index contributed by atoms with van der Waals surface area (Å²) in [4.78, 5) is 2.67. The average Bonchev–Trinajstić information content (AvgIpc) is 2.54. The number of rotatable bonds is 0. The predicted octanol–water partition coefficient (Wildman–Crippen LogP) is 3.88. The van der Waals surface area contributed by atoms with Crippen molar-refractivity contribution in [3.8, 4) is 0 Å². The first-order chi connectivity index (χ1) is 10.4. The van der Waals surface area contributed by atoms with E-state index in [-0.39, 0.29) is 0 Å². The van der Waals surface area contributed by atoms with Crippen molar-refractivity contribution in [2.24, 2.45) is 0 Å². The summed E-state index contributed by atoms with van der Waals surface area (Å²) in [5.74, 6) is 0. The minimum atomic E-state index is 1.14. The molecule has 3 aliphatic rings. The van der Waals surface area contributed by atoms with Crippen molar-refractivity contribution in [2.45, 2.75) is 38.5 Å². The maximum Gasteiger partial charge on any atom is 0.0434 e. The second kappa shape index (κ2) is 4.37. The van der Waals surface area contributed by atoms with Gasteiger partial charge in [0.15, 0.2) is 0 Å². The molecule has 0 bridgehead atoms. The highest BCUT2D eigenvalue weighted by atomic mass is 15.1. The number of anilines is 1. The van der Waals surface area contributed by atoms with E-state index in [0.29, 0.717) is 0 Å². The summed E-state index contributed by atoms with van der Waals surface area (Å²) in [6.45, 7) is 2.55. The van der Waals surface area contributed by atoms with Crippen molar-refractivity contribution < 1.29 is 0 Å². The van der Waals surface area contributed by atoms with Gasteiger partial charge in [-0.05, 0) is 71.9 Å². The largest absolute Gasteiger partial charge is 0.371 e. The Bertz CT molecular complexity index is 727. The van der Waals surface area contributed by atoms with Crippen molar-refractivity contribution in [1.29, 1.82) is 0 Å². The fourth-order valence-electron chi connectivity index (χ4n) is 4.67. The molecule has 106 valence electrons. The molecule has 0 unspecified atom stereocenters. The zero-order chi connectivity index (χ0) is 13.8. The van der Waals surface area contributed by atoms with E-state index in [9.17, 15) is 0 Å². The van der Waals surface area contributed by atoms with Crippen LogP contribution in [0.4, 0.5) is 5.69 Å². The van der Waals surface area contributed by atoms with Crippen molar-refractivity contribution in [3.05, 3.63) is 63.7 Å². The molecule has 0 radical (unpaired) electrons. The number of aryl methyl sites for hydroxylation is 1. The number of nitrogens with zero attached hydrogens (tertiary/aromatic N) is 1. The number of fused-ring (bicyclic) bond motifs is 3. The third-order valence-electron chi connectivity index (χ3n) is 5.60. The smallest absolute Gasteiger partial charge is 0.0434 e. The summed E-state index contributed by atoms with van der Waals surface area (Å²) < 4.78 is 0. The minimum Gasteiger partial charge on any atom is -0.371 e. The van der Waals surface area contributed by atoms with Crippen LogP contribution < -0.4 is 4.90 Å². The molecule has 2 aromatic rings. The molecule has 2 aromatic carbocycles. The summed E-state index contributed by atoms with van der Waals surface area (Å²) in [5, 5.41) is 0. The SMILES string of the molecule is c1ccc2c(c1)Cc1cc3c4c(c1C2)CCCN4CCC3. The molecular weight excluding hydrogens is 254 g/mol. The van der Waals surface area contributed by atoms with Crippen LogP contribution in [-0.2, 0) is 25.7 Å². The van der Waals surface area contributed by atoms with E-state index in [4.69, 9.17) is 0 Å². The molecule has 0 saturated carbocycles. The molecule has 1 aliphatic carbocycles. The van der Waals surface area contributed by atoms with Gasteiger partial charge in [-0.2, -0.15) is 0 Å². The van der Waals surface area contributed by atoms with Crippen molar-refractivity contribution in [1.82, 2.24) is 0 Å². The van der Waals surface area contributed by atoms with Gasteiger partial charge in [0, 0.05) is 18.8 Å². The maximum atomic E-state index is 2.67. The third kappa shape index (κ3) is 1.70. The Balaban J connectivity index is 1.72. The van der Waals surface area contributed by atoms with Gasteiger partial charge < -0.3 is 4.90 Å². The second-order valence-electron chi connectivity index (χ2n) is 6.82. The molecule has 0 saturated heterocycles. The molecule has 0 aromatic heterocycles. The number of benzene rings is 2. The fraction of sp³-hybridized carbons (Fsp3) is 0.400. The summed E-state index contributed by atoms with van der Waals surface area (Å²) in [6.07, 6.45) is 7.55. The summed E-state index contributed by atoms with van der Waals surface area (Å²) >= 11 is 0. The highest BCUT2D eigenvalue weighted by Crippen LogP contribution is 2.41. The summed E-state index contributed by atoms with van der Waals surface area (Å²) in [7, 11) is 0. The lowest BCUT2D eigenvalue weighted by molar-refractivity contribution is 0.629. The molecule has 0 atom stereocenters. The lowest BCUT2D eigenvalue weighted by Gasteiger charge is -2.39. The van der Waals surface area contributed by atoms with Crippen LogP contribution in [0.25, 0.3) is 0 Å². The van der Waals surface area contributed by atoms with Crippen molar-refractivity contribution in [3.63, 3.8) is 0 Å². The number of hydrogen-bond acceptors (Lipinski definition) is 1. The molecule has 2 heterocycles. The topological polar surface area (TPSA) is 3.24 Å². The first-order valence-electron chi connectivity index (χ1n) is 8.38. The van der Waals surface area contributed by atoms with Crippen LogP contribution in [0.2, 0.25) is 0 Å². The summed E-state index contributed by atoms with van der Waals surface area (Å²) in [6, 6.07) is 11.6. The first-order valence-corrected chi connectivity index (χ1v) is 8.38. The molecule has 0 N–H and O–H groups in total. The standard InChI is InChI=1S/C20H21N/c1-2-6-15-13-19-17(11-14(15)5-1)12-16-7-3-9-21-10-4-8-18(19)20(16)21/h1-2,5-6,12H,3-4,7-11,13H2. The van der Waals surface area contributed by atoms with Crippen LogP contribution in [0.3, 0.4) is 0 Å². The molecule has 1 nitrogen and oxygen atoms in total. The average molecular weight is 275 g/mol. The van der Waals surface area contributed by atoms with Crippen molar-refractivity contribution in [2.75, 3.05) is 18.0 Å². The molecule has 21 heavy (non-hydrogen) atoms. The minimum absolute atomic E-state index is 1.14. The fourth-order valence-corrected chi connectivity index (χ4v) is 4.67. The Morgan fingerprint density at radius 1 is 0.714 bits per heavy atom. The lowest BCUT2D eigenvalue weighted by Crippen LogP contribution is -2.35. The highest BCUT2D eigenvalue weighted by Gasteiger charge is 2.29. The van der Waals surface area contributed by atoms with Crippen LogP contribution >= 0.6 is 0 Å². The molecular formula is C20H21N. The van der Waals surface area contributed by atoms with E-state index in [2.05, 4.69) is 35.2 Å². The van der Waals surface area contributed by atoms with E-state index < -0.39 is 0 Å². The Morgan fingerprint density at radius 3 is 2.33 bits per heavy atom. The molecule has 0 amide bonds. The molecule has 5 rings (SSSR count). The van der Waals surface area contributed by atoms with E-state index in [1.165, 1.54) is 38.8 Å². The van der Waals surface area contributed by atoms with Crippen LogP contribution in [0, 0.1) is 0 Å². The summed E-state index contributed by atoms with van der Waals surface area (Å²) in [5.41, 5.74) is 11.3. The quantitative estimate of drug-likeness (QED) is 0.602. The predicted molar refractivity (Wildman–Crippen MR) is 87.4 cm³/mol. The van der Waals surface area contributed by atoms with Gasteiger partial charge in [0.1, 0.15) is 0 Å². The lowest BCUT2D eigenvalue weighted by atomic mass is 9.78. The van der Waals surface area contributed by atoms with Gasteiger partial charge in [0.25, 0.3) is 0 Å². The third-order valence-corrected chi connectivity index (χ3v) is 5.60.